The summed E-state index contributed by atoms with van der Waals surface area (Å²) in [5.41, 5.74) is 4.00. The number of methoxy groups -OCH3 is 1. The molecule has 5 heteroatoms. The highest BCUT2D eigenvalue weighted by Gasteiger charge is 2.44. The number of rotatable bonds is 5. The zero-order chi connectivity index (χ0) is 11.6. The van der Waals surface area contributed by atoms with Crippen LogP contribution in [0.25, 0.3) is 0 Å². The minimum Gasteiger partial charge on any atom is -0.377 e. The fraction of sp³-hybridized carbons (Fsp3) is 0.727. The van der Waals surface area contributed by atoms with Crippen LogP contribution in [0.15, 0.2) is 12.4 Å². The minimum atomic E-state index is -0.0788. The zero-order valence-corrected chi connectivity index (χ0v) is 9.94. The van der Waals surface area contributed by atoms with Gasteiger partial charge in [-0.25, -0.2) is 0 Å². The van der Waals surface area contributed by atoms with Gasteiger partial charge in [-0.15, -0.1) is 0 Å². The fourth-order valence-electron chi connectivity index (χ4n) is 2.43. The van der Waals surface area contributed by atoms with Gasteiger partial charge in [-0.3, -0.25) is 16.0 Å². The summed E-state index contributed by atoms with van der Waals surface area (Å²) >= 11 is 0. The van der Waals surface area contributed by atoms with Crippen molar-refractivity contribution < 1.29 is 4.74 Å². The molecule has 1 fully saturated rings. The number of nitrogens with one attached hydrogen (secondary N) is 1. The molecule has 0 spiro atoms. The number of nitrogens with two attached hydrogens (primary N) is 1. The average Bonchev–Trinajstić information content (AvgIpc) is 2.61. The van der Waals surface area contributed by atoms with Gasteiger partial charge in [0.05, 0.1) is 17.8 Å². The van der Waals surface area contributed by atoms with Gasteiger partial charge in [0.1, 0.15) is 0 Å². The van der Waals surface area contributed by atoms with Crippen LogP contribution in [0.5, 0.6) is 0 Å². The van der Waals surface area contributed by atoms with Crippen molar-refractivity contribution in [2.75, 3.05) is 7.11 Å². The van der Waals surface area contributed by atoms with Crippen molar-refractivity contribution in [3.05, 3.63) is 18.0 Å². The monoisotopic (exact) mass is 224 g/mol. The van der Waals surface area contributed by atoms with E-state index in [2.05, 4.69) is 10.5 Å². The molecule has 1 aliphatic rings. The number of nitrogens with zero attached hydrogens (tertiary/aromatic N) is 2. The van der Waals surface area contributed by atoms with Gasteiger partial charge in [0.2, 0.25) is 0 Å². The SMILES string of the molecule is COC1(C(Cc2cnn(C)c2)NN)CCC1. The average molecular weight is 224 g/mol. The van der Waals surface area contributed by atoms with E-state index in [1.54, 1.807) is 7.11 Å². The number of hydrogen-bond acceptors (Lipinski definition) is 4. The maximum atomic E-state index is 5.64. The van der Waals surface area contributed by atoms with E-state index in [4.69, 9.17) is 10.6 Å². The first-order valence-electron chi connectivity index (χ1n) is 5.69. The second-order valence-electron chi connectivity index (χ2n) is 4.57. The van der Waals surface area contributed by atoms with Crippen LogP contribution in [0.3, 0.4) is 0 Å². The molecule has 1 saturated carbocycles. The summed E-state index contributed by atoms with van der Waals surface area (Å²) in [6.45, 7) is 0. The van der Waals surface area contributed by atoms with Crippen molar-refractivity contribution in [3.8, 4) is 0 Å². The first kappa shape index (κ1) is 11.6. The standard InChI is InChI=1S/C11H20N4O/c1-15-8-9(7-13-15)6-10(14-12)11(16-2)4-3-5-11/h7-8,10,14H,3-6,12H2,1-2H3. The molecule has 0 saturated heterocycles. The van der Waals surface area contributed by atoms with E-state index in [1.165, 1.54) is 12.0 Å². The Morgan fingerprint density at radius 2 is 2.44 bits per heavy atom. The second kappa shape index (κ2) is 4.53. The highest BCUT2D eigenvalue weighted by molar-refractivity contribution is 5.11. The molecular formula is C11H20N4O. The van der Waals surface area contributed by atoms with E-state index in [-0.39, 0.29) is 11.6 Å². The van der Waals surface area contributed by atoms with Gasteiger partial charge in [0.15, 0.2) is 0 Å². The minimum absolute atomic E-state index is 0.0788. The molecule has 1 aromatic heterocycles. The van der Waals surface area contributed by atoms with Crippen molar-refractivity contribution >= 4 is 0 Å². The van der Waals surface area contributed by atoms with E-state index >= 15 is 0 Å². The normalized spacial score (nSPS) is 20.4. The molecule has 1 unspecified atom stereocenters. The van der Waals surface area contributed by atoms with E-state index < -0.39 is 0 Å². The van der Waals surface area contributed by atoms with Crippen molar-refractivity contribution in [2.24, 2.45) is 12.9 Å². The Kier molecular flexibility index (Phi) is 3.28. The molecule has 0 amide bonds. The van der Waals surface area contributed by atoms with Gasteiger partial charge < -0.3 is 4.74 Å². The van der Waals surface area contributed by atoms with Crippen LogP contribution in [0, 0.1) is 0 Å². The van der Waals surface area contributed by atoms with Gasteiger partial charge in [-0.05, 0) is 31.2 Å². The van der Waals surface area contributed by atoms with Gasteiger partial charge >= 0.3 is 0 Å². The molecule has 16 heavy (non-hydrogen) atoms. The molecule has 0 aromatic carbocycles. The van der Waals surface area contributed by atoms with E-state index in [1.807, 2.05) is 24.1 Å². The first-order chi connectivity index (χ1) is 7.70. The summed E-state index contributed by atoms with van der Waals surface area (Å²) in [7, 11) is 3.69. The lowest BCUT2D eigenvalue weighted by Gasteiger charge is -2.46. The van der Waals surface area contributed by atoms with Crippen molar-refractivity contribution in [2.45, 2.75) is 37.3 Å². The third-order valence-electron chi connectivity index (χ3n) is 3.64. The number of hydrogen-bond donors (Lipinski definition) is 2. The van der Waals surface area contributed by atoms with Gasteiger partial charge in [0.25, 0.3) is 0 Å². The molecule has 2 rings (SSSR count). The second-order valence-corrected chi connectivity index (χ2v) is 4.57. The highest BCUT2D eigenvalue weighted by Crippen LogP contribution is 2.38. The molecule has 1 aliphatic carbocycles. The lowest BCUT2D eigenvalue weighted by Crippen LogP contribution is -2.59. The molecule has 1 atom stereocenters. The lowest BCUT2D eigenvalue weighted by molar-refractivity contribution is -0.0982. The third kappa shape index (κ3) is 1.98. The quantitative estimate of drug-likeness (QED) is 0.560. The number of aromatic nitrogens is 2. The Labute approximate surface area is 95.9 Å². The molecule has 1 heterocycles. The predicted octanol–water partition coefficient (Wildman–Crippen LogP) is 0.364. The van der Waals surface area contributed by atoms with Gasteiger partial charge in [0, 0.05) is 20.4 Å². The Balaban J connectivity index is 2.05. The maximum absolute atomic E-state index is 5.64. The maximum Gasteiger partial charge on any atom is 0.0847 e. The summed E-state index contributed by atoms with van der Waals surface area (Å²) in [6.07, 6.45) is 8.15. The molecule has 0 radical (unpaired) electrons. The van der Waals surface area contributed by atoms with Crippen molar-refractivity contribution in [1.29, 1.82) is 0 Å². The fourth-order valence-corrected chi connectivity index (χ4v) is 2.43. The molecule has 90 valence electrons. The van der Waals surface area contributed by atoms with Crippen LogP contribution in [0.2, 0.25) is 0 Å². The molecule has 5 nitrogen and oxygen atoms in total. The summed E-state index contributed by atoms with van der Waals surface area (Å²) in [6, 6.07) is 0.162. The van der Waals surface area contributed by atoms with Crippen LogP contribution >= 0.6 is 0 Å². The smallest absolute Gasteiger partial charge is 0.0847 e. The van der Waals surface area contributed by atoms with Gasteiger partial charge in [-0.2, -0.15) is 5.10 Å². The number of hydrazine groups is 1. The van der Waals surface area contributed by atoms with Gasteiger partial charge in [-0.1, -0.05) is 0 Å². The zero-order valence-electron chi connectivity index (χ0n) is 9.94. The predicted molar refractivity (Wildman–Crippen MR) is 61.6 cm³/mol. The van der Waals surface area contributed by atoms with Crippen LogP contribution in [-0.4, -0.2) is 28.5 Å². The summed E-state index contributed by atoms with van der Waals surface area (Å²) < 4.78 is 7.44. The molecule has 0 bridgehead atoms. The van der Waals surface area contributed by atoms with E-state index in [9.17, 15) is 0 Å². The summed E-state index contributed by atoms with van der Waals surface area (Å²) in [5.74, 6) is 5.64. The highest BCUT2D eigenvalue weighted by atomic mass is 16.5. The van der Waals surface area contributed by atoms with E-state index in [0.29, 0.717) is 0 Å². The van der Waals surface area contributed by atoms with Crippen molar-refractivity contribution in [3.63, 3.8) is 0 Å². The topological polar surface area (TPSA) is 65.1 Å². The summed E-state index contributed by atoms with van der Waals surface area (Å²) in [5, 5.41) is 4.16. The summed E-state index contributed by atoms with van der Waals surface area (Å²) in [4.78, 5) is 0. The molecule has 3 N–H and O–H groups in total. The Bertz CT molecular complexity index is 340. The lowest BCUT2D eigenvalue weighted by atomic mass is 9.73. The van der Waals surface area contributed by atoms with E-state index in [0.717, 1.165) is 19.3 Å². The third-order valence-corrected chi connectivity index (χ3v) is 3.64. The molecule has 0 aliphatic heterocycles. The Morgan fingerprint density at radius 1 is 1.69 bits per heavy atom. The molecular weight excluding hydrogens is 204 g/mol. The Morgan fingerprint density at radius 3 is 2.81 bits per heavy atom. The van der Waals surface area contributed by atoms with Crippen LogP contribution < -0.4 is 11.3 Å². The number of ether oxygens (including phenoxy) is 1. The van der Waals surface area contributed by atoms with Crippen LogP contribution in [0.4, 0.5) is 0 Å². The van der Waals surface area contributed by atoms with Crippen molar-refractivity contribution in [1.82, 2.24) is 15.2 Å². The largest absolute Gasteiger partial charge is 0.377 e. The first-order valence-corrected chi connectivity index (χ1v) is 5.69. The number of aryl methyl sites for hydroxylation is 1. The molecule has 1 aromatic rings. The Hall–Kier alpha value is -0.910. The van der Waals surface area contributed by atoms with Crippen LogP contribution in [0.1, 0.15) is 24.8 Å². The van der Waals surface area contributed by atoms with Crippen LogP contribution in [-0.2, 0) is 18.2 Å².